The van der Waals surface area contributed by atoms with Crippen LogP contribution < -0.4 is 5.19 Å². The van der Waals surface area contributed by atoms with E-state index in [4.69, 9.17) is 0 Å². The number of rotatable bonds is 7. The highest BCUT2D eigenvalue weighted by molar-refractivity contribution is 6.70. The molecule has 2 aromatic rings. The highest BCUT2D eigenvalue weighted by atomic mass is 28.3. The molecular weight excluding hydrogens is 280 g/mol. The summed E-state index contributed by atoms with van der Waals surface area (Å²) in [7, 11) is -0.705. The van der Waals surface area contributed by atoms with Gasteiger partial charge in [0, 0.05) is 0 Å². The molecule has 0 spiro atoms. The molecule has 0 bridgehead atoms. The van der Waals surface area contributed by atoms with Crippen molar-refractivity contribution in [2.75, 3.05) is 0 Å². The Morgan fingerprint density at radius 1 is 0.864 bits per heavy atom. The Labute approximate surface area is 137 Å². The van der Waals surface area contributed by atoms with Crippen LogP contribution in [0.25, 0.3) is 5.57 Å². The zero-order valence-corrected chi connectivity index (χ0v) is 15.4. The molecule has 0 heterocycles. The summed E-state index contributed by atoms with van der Waals surface area (Å²) in [6.45, 7) is 11.3. The van der Waals surface area contributed by atoms with Gasteiger partial charge in [-0.05, 0) is 35.1 Å². The molecule has 1 heteroatoms. The van der Waals surface area contributed by atoms with Crippen molar-refractivity contribution >= 4 is 19.6 Å². The van der Waals surface area contributed by atoms with Crippen LogP contribution in [0.5, 0.6) is 0 Å². The van der Waals surface area contributed by atoms with Gasteiger partial charge in [-0.1, -0.05) is 93.2 Å². The summed E-state index contributed by atoms with van der Waals surface area (Å²) in [5.74, 6) is 0. The third kappa shape index (κ3) is 4.44. The zero-order chi connectivity index (χ0) is 15.9. The van der Waals surface area contributed by atoms with E-state index < -0.39 is 8.80 Å². The van der Waals surface area contributed by atoms with Gasteiger partial charge in [0.2, 0.25) is 0 Å². The first kappa shape index (κ1) is 16.8. The highest BCUT2D eigenvalue weighted by Gasteiger charge is 2.05. The molecule has 22 heavy (non-hydrogen) atoms. The molecule has 0 nitrogen and oxygen atoms in total. The molecule has 0 saturated heterocycles. The molecule has 2 aromatic carbocycles. The van der Waals surface area contributed by atoms with Crippen molar-refractivity contribution in [3.63, 3.8) is 0 Å². The second kappa shape index (κ2) is 8.14. The average Bonchev–Trinajstić information content (AvgIpc) is 2.55. The van der Waals surface area contributed by atoms with Gasteiger partial charge in [0.15, 0.2) is 0 Å². The van der Waals surface area contributed by atoms with E-state index in [2.05, 4.69) is 75.1 Å². The monoisotopic (exact) mass is 308 g/mol. The summed E-state index contributed by atoms with van der Waals surface area (Å²) in [4.78, 5) is 0. The zero-order valence-electron chi connectivity index (χ0n) is 14.2. The number of unbranched alkanes of at least 4 members (excludes halogenated alkanes) is 2. The average molecular weight is 309 g/mol. The lowest BCUT2D eigenvalue weighted by atomic mass is 9.97. The lowest BCUT2D eigenvalue weighted by molar-refractivity contribution is 0.717. The Balaban J connectivity index is 2.05. The van der Waals surface area contributed by atoms with E-state index in [1.54, 1.807) is 0 Å². The van der Waals surface area contributed by atoms with Gasteiger partial charge >= 0.3 is 0 Å². The smallest absolute Gasteiger partial charge is 0.0647 e. The van der Waals surface area contributed by atoms with E-state index in [-0.39, 0.29) is 0 Å². The normalized spacial score (nSPS) is 10.9. The molecule has 0 unspecified atom stereocenters. The summed E-state index contributed by atoms with van der Waals surface area (Å²) < 4.78 is 0. The topological polar surface area (TPSA) is 0 Å². The van der Waals surface area contributed by atoms with Gasteiger partial charge in [-0.25, -0.2) is 0 Å². The van der Waals surface area contributed by atoms with E-state index in [0.717, 1.165) is 5.57 Å². The molecule has 0 aliphatic rings. The molecule has 0 saturated carbocycles. The standard InChI is InChI=1S/C21H28Si/c1-5-6-7-8-18-9-11-19(12-10-18)17(2)20-13-15-21(16-14-20)22(3)4/h9-16,22H,2,5-8H2,1,3-4H3. The fourth-order valence-electron chi connectivity index (χ4n) is 2.69. The fourth-order valence-corrected chi connectivity index (χ4v) is 3.65. The van der Waals surface area contributed by atoms with Gasteiger partial charge < -0.3 is 0 Å². The Kier molecular flexibility index (Phi) is 6.20. The summed E-state index contributed by atoms with van der Waals surface area (Å²) in [5.41, 5.74) is 5.02. The molecule has 0 atom stereocenters. The Morgan fingerprint density at radius 2 is 1.41 bits per heavy atom. The predicted molar refractivity (Wildman–Crippen MR) is 103 cm³/mol. The molecule has 0 aromatic heterocycles. The van der Waals surface area contributed by atoms with Crippen molar-refractivity contribution in [2.45, 2.75) is 45.7 Å². The van der Waals surface area contributed by atoms with Crippen molar-refractivity contribution < 1.29 is 0 Å². The Morgan fingerprint density at radius 3 is 1.91 bits per heavy atom. The molecule has 0 aliphatic heterocycles. The van der Waals surface area contributed by atoms with Crippen LogP contribution in [0.15, 0.2) is 55.1 Å². The van der Waals surface area contributed by atoms with E-state index in [9.17, 15) is 0 Å². The Hall–Kier alpha value is -1.60. The van der Waals surface area contributed by atoms with Gasteiger partial charge in [0.05, 0.1) is 8.80 Å². The molecular formula is C21H28Si. The van der Waals surface area contributed by atoms with Gasteiger partial charge in [-0.3, -0.25) is 0 Å². The van der Waals surface area contributed by atoms with Crippen LogP contribution in [-0.2, 0) is 6.42 Å². The van der Waals surface area contributed by atoms with Crippen LogP contribution >= 0.6 is 0 Å². The van der Waals surface area contributed by atoms with Crippen molar-refractivity contribution in [1.29, 1.82) is 0 Å². The van der Waals surface area contributed by atoms with Gasteiger partial charge in [0.25, 0.3) is 0 Å². The summed E-state index contributed by atoms with van der Waals surface area (Å²) in [5, 5.41) is 1.52. The largest absolute Gasteiger partial charge is 0.0906 e. The predicted octanol–water partition coefficient (Wildman–Crippen LogP) is 5.17. The number of hydrogen-bond donors (Lipinski definition) is 0. The molecule has 0 radical (unpaired) electrons. The van der Waals surface area contributed by atoms with Crippen LogP contribution in [-0.4, -0.2) is 8.80 Å². The minimum atomic E-state index is -0.705. The molecule has 0 fully saturated rings. The maximum absolute atomic E-state index is 4.29. The lowest BCUT2D eigenvalue weighted by Gasteiger charge is -2.10. The maximum Gasteiger partial charge on any atom is 0.0647 e. The molecule has 0 aliphatic carbocycles. The fraction of sp³-hybridized carbons (Fsp3) is 0.333. The van der Waals surface area contributed by atoms with Crippen LogP contribution in [0.3, 0.4) is 0 Å². The van der Waals surface area contributed by atoms with Gasteiger partial charge in [-0.2, -0.15) is 0 Å². The minimum absolute atomic E-state index is 0.705. The number of aryl methyl sites for hydroxylation is 1. The SMILES string of the molecule is C=C(c1ccc(CCCCC)cc1)c1ccc([SiH](C)C)cc1. The van der Waals surface area contributed by atoms with E-state index in [1.807, 2.05) is 0 Å². The maximum atomic E-state index is 4.29. The lowest BCUT2D eigenvalue weighted by Crippen LogP contribution is -2.21. The highest BCUT2D eigenvalue weighted by Crippen LogP contribution is 2.21. The quantitative estimate of drug-likeness (QED) is 0.489. The first-order chi connectivity index (χ1) is 10.6. The molecule has 0 amide bonds. The summed E-state index contributed by atoms with van der Waals surface area (Å²) in [6.07, 6.45) is 5.08. The van der Waals surface area contributed by atoms with Crippen molar-refractivity contribution in [3.8, 4) is 0 Å². The second-order valence-electron chi connectivity index (χ2n) is 6.41. The number of benzene rings is 2. The van der Waals surface area contributed by atoms with Gasteiger partial charge in [0.1, 0.15) is 0 Å². The van der Waals surface area contributed by atoms with Crippen molar-refractivity contribution in [2.24, 2.45) is 0 Å². The third-order valence-electron chi connectivity index (χ3n) is 4.30. The van der Waals surface area contributed by atoms with Crippen molar-refractivity contribution in [3.05, 3.63) is 71.8 Å². The molecule has 2 rings (SSSR count). The third-order valence-corrected chi connectivity index (χ3v) is 6.02. The van der Waals surface area contributed by atoms with Crippen LogP contribution in [0.1, 0.15) is 42.9 Å². The first-order valence-electron chi connectivity index (χ1n) is 8.50. The van der Waals surface area contributed by atoms with Crippen LogP contribution in [0.4, 0.5) is 0 Å². The van der Waals surface area contributed by atoms with Crippen LogP contribution in [0, 0.1) is 0 Å². The number of hydrogen-bond acceptors (Lipinski definition) is 0. The van der Waals surface area contributed by atoms with Crippen molar-refractivity contribution in [1.82, 2.24) is 0 Å². The van der Waals surface area contributed by atoms with E-state index in [1.165, 1.54) is 47.6 Å². The summed E-state index contributed by atoms with van der Waals surface area (Å²) in [6, 6.07) is 17.9. The van der Waals surface area contributed by atoms with Crippen LogP contribution in [0.2, 0.25) is 13.1 Å². The first-order valence-corrected chi connectivity index (χ1v) is 11.4. The second-order valence-corrected chi connectivity index (χ2v) is 9.39. The minimum Gasteiger partial charge on any atom is -0.0906 e. The summed E-state index contributed by atoms with van der Waals surface area (Å²) >= 11 is 0. The van der Waals surface area contributed by atoms with Gasteiger partial charge in [-0.15, -0.1) is 0 Å². The molecule has 0 N–H and O–H groups in total. The Bertz CT molecular complexity index is 591. The van der Waals surface area contributed by atoms with E-state index >= 15 is 0 Å². The molecule has 116 valence electrons. The van der Waals surface area contributed by atoms with E-state index in [0.29, 0.717) is 0 Å².